The molecular formula is C18H21ClN4O3S. The van der Waals surface area contributed by atoms with Gasteiger partial charge in [0.2, 0.25) is 11.8 Å². The van der Waals surface area contributed by atoms with Crippen LogP contribution in [0.4, 0.5) is 0 Å². The zero-order valence-electron chi connectivity index (χ0n) is 14.7. The molecule has 1 fully saturated rings. The summed E-state index contributed by atoms with van der Waals surface area (Å²) in [5.41, 5.74) is 1.39. The monoisotopic (exact) mass is 408 g/mol. The Hall–Kier alpha value is -2.03. The summed E-state index contributed by atoms with van der Waals surface area (Å²) in [5.74, 6) is -0.131. The molecule has 0 spiro atoms. The maximum Gasteiger partial charge on any atom is 0.240 e. The highest BCUT2D eigenvalue weighted by Crippen LogP contribution is 2.21. The maximum atomic E-state index is 12.1. The van der Waals surface area contributed by atoms with E-state index in [1.165, 1.54) is 18.0 Å². The second-order valence-electron chi connectivity index (χ2n) is 6.27. The molecule has 1 aromatic heterocycles. The molecule has 2 amide bonds. The van der Waals surface area contributed by atoms with E-state index in [0.29, 0.717) is 22.4 Å². The van der Waals surface area contributed by atoms with Crippen molar-refractivity contribution in [2.75, 3.05) is 5.75 Å². The number of carbonyl (C=O) groups is 2. The molecule has 0 aliphatic heterocycles. The first-order valence-corrected chi connectivity index (χ1v) is 10.0. The van der Waals surface area contributed by atoms with E-state index in [0.717, 1.165) is 18.4 Å². The Labute approximate surface area is 166 Å². The number of thioether (sulfide) groups is 1. The highest BCUT2D eigenvalue weighted by atomic mass is 35.5. The minimum absolute atomic E-state index is 0.0793. The SMILES string of the molecule is O=C(CSc1ncc(CO)n1CC(=O)NC1CC1)NCc1ccccc1Cl. The van der Waals surface area contributed by atoms with Gasteiger partial charge in [-0.3, -0.25) is 9.59 Å². The van der Waals surface area contributed by atoms with Crippen LogP contribution in [0.2, 0.25) is 5.02 Å². The second-order valence-corrected chi connectivity index (χ2v) is 7.62. The standard InChI is InChI=1S/C18H21ClN4O3S/c19-15-4-2-1-3-12(15)7-20-17(26)11-27-18-21-8-14(10-24)23(18)9-16(25)22-13-5-6-13/h1-4,8,13,24H,5-7,9-11H2,(H,20,26)(H,22,25). The number of aliphatic hydroxyl groups is 1. The van der Waals surface area contributed by atoms with E-state index in [1.807, 2.05) is 18.2 Å². The van der Waals surface area contributed by atoms with Crippen LogP contribution in [0.15, 0.2) is 35.6 Å². The van der Waals surface area contributed by atoms with E-state index in [-0.39, 0.29) is 36.8 Å². The average Bonchev–Trinajstić information content (AvgIpc) is 3.38. The summed E-state index contributed by atoms with van der Waals surface area (Å²) in [7, 11) is 0. The molecule has 2 aromatic rings. The minimum atomic E-state index is -0.219. The Kier molecular flexibility index (Phi) is 6.76. The van der Waals surface area contributed by atoms with E-state index < -0.39 is 0 Å². The summed E-state index contributed by atoms with van der Waals surface area (Å²) in [4.78, 5) is 28.4. The van der Waals surface area contributed by atoms with Crippen molar-refractivity contribution in [2.24, 2.45) is 0 Å². The van der Waals surface area contributed by atoms with Crippen molar-refractivity contribution < 1.29 is 14.7 Å². The highest BCUT2D eigenvalue weighted by molar-refractivity contribution is 7.99. The quantitative estimate of drug-likeness (QED) is 0.549. The molecule has 144 valence electrons. The largest absolute Gasteiger partial charge is 0.390 e. The van der Waals surface area contributed by atoms with Gasteiger partial charge in [0.1, 0.15) is 6.54 Å². The van der Waals surface area contributed by atoms with Crippen LogP contribution in [0.1, 0.15) is 24.1 Å². The van der Waals surface area contributed by atoms with E-state index in [1.54, 1.807) is 10.6 Å². The van der Waals surface area contributed by atoms with Gasteiger partial charge < -0.3 is 20.3 Å². The number of amides is 2. The molecule has 1 aliphatic carbocycles. The molecule has 27 heavy (non-hydrogen) atoms. The molecule has 1 aromatic carbocycles. The van der Waals surface area contributed by atoms with E-state index in [4.69, 9.17) is 11.6 Å². The Bertz CT molecular complexity index is 823. The van der Waals surface area contributed by atoms with Crippen LogP contribution in [0, 0.1) is 0 Å². The predicted octanol–water partition coefficient (Wildman–Crippen LogP) is 1.72. The average molecular weight is 409 g/mol. The summed E-state index contributed by atoms with van der Waals surface area (Å²) < 4.78 is 1.64. The van der Waals surface area contributed by atoms with Gasteiger partial charge in [-0.05, 0) is 24.5 Å². The summed E-state index contributed by atoms with van der Waals surface area (Å²) in [6, 6.07) is 7.60. The topological polar surface area (TPSA) is 96.2 Å². The van der Waals surface area contributed by atoms with Crippen LogP contribution in [0.25, 0.3) is 0 Å². The van der Waals surface area contributed by atoms with Gasteiger partial charge in [-0.1, -0.05) is 41.6 Å². The molecule has 9 heteroatoms. The van der Waals surface area contributed by atoms with E-state index >= 15 is 0 Å². The number of nitrogens with one attached hydrogen (secondary N) is 2. The molecule has 1 saturated carbocycles. The smallest absolute Gasteiger partial charge is 0.240 e. The molecule has 0 radical (unpaired) electrons. The molecule has 1 aliphatic rings. The zero-order valence-corrected chi connectivity index (χ0v) is 16.2. The maximum absolute atomic E-state index is 12.1. The molecule has 3 rings (SSSR count). The Morgan fingerprint density at radius 2 is 2.07 bits per heavy atom. The van der Waals surface area contributed by atoms with Gasteiger partial charge in [-0.25, -0.2) is 4.98 Å². The number of aliphatic hydroxyl groups excluding tert-OH is 1. The number of carbonyl (C=O) groups excluding carboxylic acids is 2. The van der Waals surface area contributed by atoms with Crippen LogP contribution in [0.5, 0.6) is 0 Å². The molecule has 0 atom stereocenters. The van der Waals surface area contributed by atoms with Gasteiger partial charge in [0.25, 0.3) is 0 Å². The van der Waals surface area contributed by atoms with Gasteiger partial charge in [-0.2, -0.15) is 0 Å². The first-order chi connectivity index (χ1) is 13.1. The van der Waals surface area contributed by atoms with Gasteiger partial charge >= 0.3 is 0 Å². The van der Waals surface area contributed by atoms with Gasteiger partial charge in [0.15, 0.2) is 5.16 Å². The lowest BCUT2D eigenvalue weighted by molar-refractivity contribution is -0.122. The number of hydrogen-bond donors (Lipinski definition) is 3. The molecule has 0 bridgehead atoms. The predicted molar refractivity (Wildman–Crippen MR) is 103 cm³/mol. The highest BCUT2D eigenvalue weighted by Gasteiger charge is 2.24. The van der Waals surface area contributed by atoms with Crippen LogP contribution in [-0.2, 0) is 29.3 Å². The van der Waals surface area contributed by atoms with Crippen LogP contribution < -0.4 is 10.6 Å². The van der Waals surface area contributed by atoms with E-state index in [9.17, 15) is 14.7 Å². The fourth-order valence-corrected chi connectivity index (χ4v) is 3.49. The van der Waals surface area contributed by atoms with E-state index in [2.05, 4.69) is 15.6 Å². The summed E-state index contributed by atoms with van der Waals surface area (Å²) >= 11 is 7.30. The Morgan fingerprint density at radius 3 is 2.78 bits per heavy atom. The van der Waals surface area contributed by atoms with Gasteiger partial charge in [-0.15, -0.1) is 0 Å². The number of halogens is 1. The molecule has 7 nitrogen and oxygen atoms in total. The van der Waals surface area contributed by atoms with Crippen molar-refractivity contribution in [3.05, 3.63) is 46.7 Å². The zero-order chi connectivity index (χ0) is 19.2. The molecule has 0 unspecified atom stereocenters. The summed E-state index contributed by atoms with van der Waals surface area (Å²) in [5, 5.41) is 16.3. The number of nitrogens with zero attached hydrogens (tertiary/aromatic N) is 2. The molecular weight excluding hydrogens is 388 g/mol. The van der Waals surface area contributed by atoms with Gasteiger partial charge in [0, 0.05) is 17.6 Å². The molecule has 1 heterocycles. The summed E-state index contributed by atoms with van der Waals surface area (Å²) in [6.45, 7) is 0.206. The Balaban J connectivity index is 1.53. The lowest BCUT2D eigenvalue weighted by Gasteiger charge is -2.11. The number of hydrogen-bond acceptors (Lipinski definition) is 5. The third-order valence-corrected chi connectivity index (χ3v) is 5.43. The van der Waals surface area contributed by atoms with Crippen LogP contribution in [-0.4, -0.2) is 38.3 Å². The molecule has 3 N–H and O–H groups in total. The van der Waals surface area contributed by atoms with Crippen molar-refractivity contribution in [2.45, 2.75) is 43.7 Å². The minimum Gasteiger partial charge on any atom is -0.390 e. The van der Waals surface area contributed by atoms with Crippen molar-refractivity contribution in [3.8, 4) is 0 Å². The second kappa shape index (κ2) is 9.25. The summed E-state index contributed by atoms with van der Waals surface area (Å²) in [6.07, 6.45) is 3.54. The number of benzene rings is 1. The van der Waals surface area contributed by atoms with Crippen molar-refractivity contribution in [1.29, 1.82) is 0 Å². The third-order valence-electron chi connectivity index (χ3n) is 4.07. The lowest BCUT2D eigenvalue weighted by atomic mass is 10.2. The number of aromatic nitrogens is 2. The lowest BCUT2D eigenvalue weighted by Crippen LogP contribution is -2.30. The van der Waals surface area contributed by atoms with Crippen LogP contribution >= 0.6 is 23.4 Å². The van der Waals surface area contributed by atoms with Gasteiger partial charge in [0.05, 0.1) is 24.3 Å². The third kappa shape index (κ3) is 5.72. The first kappa shape index (κ1) is 19.7. The fourth-order valence-electron chi connectivity index (χ4n) is 2.46. The normalized spacial score (nSPS) is 13.4. The fraction of sp³-hybridized carbons (Fsp3) is 0.389. The molecule has 0 saturated heterocycles. The van der Waals surface area contributed by atoms with Crippen molar-refractivity contribution >= 4 is 35.2 Å². The van der Waals surface area contributed by atoms with Crippen molar-refractivity contribution in [1.82, 2.24) is 20.2 Å². The Morgan fingerprint density at radius 1 is 1.30 bits per heavy atom. The first-order valence-electron chi connectivity index (χ1n) is 8.64. The van der Waals surface area contributed by atoms with Crippen molar-refractivity contribution in [3.63, 3.8) is 0 Å². The van der Waals surface area contributed by atoms with Crippen LogP contribution in [0.3, 0.4) is 0 Å². The number of rotatable bonds is 9. The number of imidazole rings is 1.